The van der Waals surface area contributed by atoms with Crippen molar-refractivity contribution in [3.8, 4) is 5.75 Å². The lowest BCUT2D eigenvalue weighted by Crippen LogP contribution is -2.54. The van der Waals surface area contributed by atoms with E-state index in [-0.39, 0.29) is 35.6 Å². The summed E-state index contributed by atoms with van der Waals surface area (Å²) in [6, 6.07) is 4.66. The molecule has 3 aromatic rings. The van der Waals surface area contributed by atoms with Crippen molar-refractivity contribution in [3.05, 3.63) is 47.7 Å². The third-order valence-corrected chi connectivity index (χ3v) is 5.88. The Morgan fingerprint density at radius 1 is 1.25 bits per heavy atom. The van der Waals surface area contributed by atoms with Crippen LogP contribution in [0.15, 0.2) is 30.6 Å². The van der Waals surface area contributed by atoms with Crippen LogP contribution in [0.5, 0.6) is 5.75 Å². The van der Waals surface area contributed by atoms with Gasteiger partial charge in [-0.15, -0.1) is 0 Å². The number of rotatable bonds is 3. The fourth-order valence-electron chi connectivity index (χ4n) is 4.39. The van der Waals surface area contributed by atoms with Crippen molar-refractivity contribution >= 4 is 16.9 Å². The number of hydrogen-bond acceptors (Lipinski definition) is 6. The number of nitrogens with zero attached hydrogens (tertiary/aromatic N) is 3. The van der Waals surface area contributed by atoms with Crippen molar-refractivity contribution in [2.24, 2.45) is 0 Å². The highest BCUT2D eigenvalue weighted by Gasteiger charge is 2.39. The van der Waals surface area contributed by atoms with Crippen LogP contribution in [0.2, 0.25) is 0 Å². The maximum atomic E-state index is 15.0. The third kappa shape index (κ3) is 3.75. The van der Waals surface area contributed by atoms with Crippen LogP contribution < -0.4 is 10.1 Å². The van der Waals surface area contributed by atoms with Crippen LogP contribution in [0, 0.1) is 5.82 Å². The van der Waals surface area contributed by atoms with E-state index in [2.05, 4.69) is 25.2 Å². The summed E-state index contributed by atoms with van der Waals surface area (Å²) < 4.78 is 66.1. The van der Waals surface area contributed by atoms with Gasteiger partial charge in [0.2, 0.25) is 0 Å². The zero-order valence-corrected chi connectivity index (χ0v) is 17.1. The molecule has 32 heavy (non-hydrogen) atoms. The molecule has 2 aliphatic rings. The second kappa shape index (κ2) is 7.89. The molecule has 0 saturated carbocycles. The lowest BCUT2D eigenvalue weighted by Gasteiger charge is -2.43. The van der Waals surface area contributed by atoms with Gasteiger partial charge < -0.3 is 19.8 Å². The number of aromatic amines is 1. The topological polar surface area (TPSA) is 75.3 Å². The van der Waals surface area contributed by atoms with Crippen LogP contribution in [0.3, 0.4) is 0 Å². The lowest BCUT2D eigenvalue weighted by molar-refractivity contribution is -0.140. The van der Waals surface area contributed by atoms with Gasteiger partial charge in [-0.25, -0.2) is 14.4 Å². The molecule has 1 fully saturated rings. The minimum absolute atomic E-state index is 0.00353. The van der Waals surface area contributed by atoms with Crippen LogP contribution in [-0.4, -0.2) is 58.3 Å². The van der Waals surface area contributed by atoms with Gasteiger partial charge in [0.05, 0.1) is 35.7 Å². The summed E-state index contributed by atoms with van der Waals surface area (Å²) >= 11 is 0. The fraction of sp³-hybridized carbons (Fsp3) is 0.429. The van der Waals surface area contributed by atoms with E-state index in [9.17, 15) is 17.6 Å². The minimum atomic E-state index is -4.55. The Balaban J connectivity index is 1.57. The molecule has 3 unspecified atom stereocenters. The van der Waals surface area contributed by atoms with E-state index in [1.54, 1.807) is 12.1 Å². The number of anilines is 1. The smallest absolute Gasteiger partial charge is 0.431 e. The number of alkyl halides is 3. The highest BCUT2D eigenvalue weighted by Crippen LogP contribution is 2.40. The van der Waals surface area contributed by atoms with E-state index in [4.69, 9.17) is 9.47 Å². The van der Waals surface area contributed by atoms with Crippen molar-refractivity contribution in [2.75, 3.05) is 31.6 Å². The monoisotopic (exact) mass is 451 g/mol. The summed E-state index contributed by atoms with van der Waals surface area (Å²) in [5, 5.41) is 3.39. The second-order valence-electron chi connectivity index (χ2n) is 7.99. The molecule has 170 valence electrons. The number of fused-ring (bicyclic) bond motifs is 2. The maximum Gasteiger partial charge on any atom is 0.431 e. The molecule has 0 radical (unpaired) electrons. The molecule has 7 nitrogen and oxygen atoms in total. The molecule has 2 aromatic heterocycles. The average Bonchev–Trinajstić information content (AvgIpc) is 3.20. The van der Waals surface area contributed by atoms with Crippen LogP contribution in [0.1, 0.15) is 24.2 Å². The molecule has 3 atom stereocenters. The summed E-state index contributed by atoms with van der Waals surface area (Å²) in [5.41, 5.74) is -0.554. The zero-order chi connectivity index (χ0) is 22.5. The summed E-state index contributed by atoms with van der Waals surface area (Å²) in [7, 11) is 0. The Hall–Kier alpha value is -2.92. The largest absolute Gasteiger partial charge is 0.491 e. The molecule has 5 rings (SSSR count). The van der Waals surface area contributed by atoms with Crippen molar-refractivity contribution in [1.29, 1.82) is 0 Å². The first-order chi connectivity index (χ1) is 15.3. The molecular formula is C21H21F4N5O2. The van der Waals surface area contributed by atoms with Gasteiger partial charge in [-0.1, -0.05) is 6.07 Å². The van der Waals surface area contributed by atoms with E-state index in [0.717, 1.165) is 6.07 Å². The molecule has 0 aliphatic carbocycles. The number of halogens is 4. The molecule has 2 N–H and O–H groups in total. The van der Waals surface area contributed by atoms with Gasteiger partial charge in [-0.2, -0.15) is 13.2 Å². The number of ether oxygens (including phenoxy) is 2. The fourth-order valence-corrected chi connectivity index (χ4v) is 4.39. The van der Waals surface area contributed by atoms with Gasteiger partial charge in [-0.05, 0) is 25.1 Å². The Morgan fingerprint density at radius 2 is 2.09 bits per heavy atom. The van der Waals surface area contributed by atoms with Crippen LogP contribution in [0.25, 0.3) is 11.0 Å². The Bertz CT molecular complexity index is 1140. The number of H-pyrrole nitrogens is 1. The van der Waals surface area contributed by atoms with Crippen molar-refractivity contribution in [3.63, 3.8) is 0 Å². The van der Waals surface area contributed by atoms with Crippen molar-refractivity contribution in [1.82, 2.24) is 19.9 Å². The standard InChI is InChI=1S/C21H21F4N5O2/c1-11-8-30(5-6-31-11)14-9-32-15-4-2-3-13(22)17(15)18(14)29-20-12-7-16(21(23,24)25)28-19(12)26-10-27-20/h2-4,7,10-11,14,18H,5-6,8-9H2,1H3,(H2,26,27,28,29). The summed E-state index contributed by atoms with van der Waals surface area (Å²) in [6.45, 7) is 4.02. The summed E-state index contributed by atoms with van der Waals surface area (Å²) in [6.07, 6.45) is -3.38. The molecule has 1 aromatic carbocycles. The van der Waals surface area contributed by atoms with E-state index < -0.39 is 23.7 Å². The van der Waals surface area contributed by atoms with Crippen molar-refractivity contribution in [2.45, 2.75) is 31.3 Å². The SMILES string of the molecule is CC1CN(C2COc3cccc(F)c3C2Nc2ncnc3[nH]c(C(F)(F)F)cc23)CCO1. The first kappa shape index (κ1) is 21.0. The van der Waals surface area contributed by atoms with E-state index in [1.165, 1.54) is 12.4 Å². The quantitative estimate of drug-likeness (QED) is 0.591. The van der Waals surface area contributed by atoms with E-state index in [0.29, 0.717) is 31.0 Å². The Morgan fingerprint density at radius 3 is 2.88 bits per heavy atom. The first-order valence-corrected chi connectivity index (χ1v) is 10.3. The molecule has 1 saturated heterocycles. The molecule has 11 heteroatoms. The molecule has 0 bridgehead atoms. The van der Waals surface area contributed by atoms with E-state index in [1.807, 2.05) is 6.92 Å². The highest BCUT2D eigenvalue weighted by molar-refractivity contribution is 5.88. The van der Waals surface area contributed by atoms with Gasteiger partial charge >= 0.3 is 6.18 Å². The first-order valence-electron chi connectivity index (χ1n) is 10.3. The number of nitrogens with one attached hydrogen (secondary N) is 2. The van der Waals surface area contributed by atoms with Gasteiger partial charge in [0.1, 0.15) is 41.7 Å². The number of morpholine rings is 1. The number of aromatic nitrogens is 3. The average molecular weight is 451 g/mol. The lowest BCUT2D eigenvalue weighted by atomic mass is 9.93. The molecule has 0 amide bonds. The third-order valence-electron chi connectivity index (χ3n) is 5.88. The van der Waals surface area contributed by atoms with Crippen LogP contribution >= 0.6 is 0 Å². The maximum absolute atomic E-state index is 15.0. The summed E-state index contributed by atoms with van der Waals surface area (Å²) in [4.78, 5) is 12.5. The second-order valence-corrected chi connectivity index (χ2v) is 7.99. The number of benzene rings is 1. The van der Waals surface area contributed by atoms with Crippen LogP contribution in [0.4, 0.5) is 23.4 Å². The molecule has 2 aliphatic heterocycles. The molecule has 4 heterocycles. The van der Waals surface area contributed by atoms with Gasteiger partial charge in [0.15, 0.2) is 0 Å². The number of hydrogen-bond donors (Lipinski definition) is 2. The molecular weight excluding hydrogens is 430 g/mol. The minimum Gasteiger partial charge on any atom is -0.491 e. The van der Waals surface area contributed by atoms with Gasteiger partial charge in [0.25, 0.3) is 0 Å². The summed E-state index contributed by atoms with van der Waals surface area (Å²) in [5.74, 6) is 0.130. The predicted octanol–water partition coefficient (Wildman–Crippen LogP) is 3.75. The molecule has 0 spiro atoms. The zero-order valence-electron chi connectivity index (χ0n) is 17.1. The Kier molecular flexibility index (Phi) is 5.17. The van der Waals surface area contributed by atoms with Crippen LogP contribution in [-0.2, 0) is 10.9 Å². The van der Waals surface area contributed by atoms with Crippen molar-refractivity contribution < 1.29 is 27.0 Å². The van der Waals surface area contributed by atoms with E-state index >= 15 is 0 Å². The highest BCUT2D eigenvalue weighted by atomic mass is 19.4. The predicted molar refractivity (Wildman–Crippen MR) is 108 cm³/mol. The van der Waals surface area contributed by atoms with Gasteiger partial charge in [0, 0.05) is 13.1 Å². The normalized spacial score (nSPS) is 24.2. The Labute approximate surface area is 180 Å². The van der Waals surface area contributed by atoms with Gasteiger partial charge in [-0.3, -0.25) is 4.90 Å².